The molecule has 1 unspecified atom stereocenters. The van der Waals surface area contributed by atoms with Crippen molar-refractivity contribution < 1.29 is 49.0 Å². The van der Waals surface area contributed by atoms with E-state index >= 15 is 0 Å². The van der Waals surface area contributed by atoms with Gasteiger partial charge in [0.15, 0.2) is 20.4 Å². The number of nitrogens with one attached hydrogen (secondary N) is 1. The van der Waals surface area contributed by atoms with E-state index in [0.29, 0.717) is 28.5 Å². The van der Waals surface area contributed by atoms with Crippen molar-refractivity contribution in [2.75, 3.05) is 6.54 Å². The Morgan fingerprint density at radius 2 is 1.08 bits per heavy atom. The SMILES string of the molecule is C/C=C/C=O.CC(C)(C)[Si](C)(C)OC(c1ccccc1)(c1ccccc1)[C@@H]1CCCN1.CC1C(C=O)=Cc2cc(Br)cc3ccc(O)c1c23.C[Si](C)(C)C.Cc1ccc2c(c1)C(=O)CCC2.Cc1ccc2c(c1)C(C#N)=CCC2.Cc1ccc2cccc(C#N)c2c1.N#Cc1cc(Br)cc2ccc(O)cc12.O=Cc1cc(Br)cc2ccc(O)cc12.[I][Zn][I]. The predicted octanol–water partition coefficient (Wildman–Crippen LogP) is 28.9. The first kappa shape index (κ1) is 101. The Morgan fingerprint density at radius 3 is 1.62 bits per heavy atom. The van der Waals surface area contributed by atoms with E-state index < -0.39 is 22.0 Å². The quantitative estimate of drug-likeness (QED) is 0.0483. The minimum absolute atomic E-state index is 0.0650. The number of nitrogens with zero attached hydrogens (tertiary/aromatic N) is 3. The maximum absolute atomic E-state index is 11.4. The fraction of sp³-hybridized carbons (Fsp3) is 0.252. The van der Waals surface area contributed by atoms with Crippen LogP contribution in [0.15, 0.2) is 256 Å². The average Bonchev–Trinajstić information content (AvgIpc) is 1.70. The Labute approximate surface area is 782 Å². The molecule has 1 aliphatic heterocycles. The number of fused-ring (bicyclic) bond motifs is 5. The molecule has 123 heavy (non-hydrogen) atoms. The molecule has 0 amide bonds. The number of aromatic hydroxyl groups is 3. The van der Waals surface area contributed by atoms with E-state index in [4.69, 9.17) is 20.2 Å². The molecule has 0 spiro atoms. The van der Waals surface area contributed by atoms with Crippen LogP contribution in [0, 0.1) is 54.8 Å². The van der Waals surface area contributed by atoms with Gasteiger partial charge in [-0.3, -0.25) is 19.2 Å². The monoisotopic (exact) mass is 2140 g/mol. The second kappa shape index (κ2) is 48.7. The molecule has 632 valence electrons. The van der Waals surface area contributed by atoms with Crippen LogP contribution in [0.3, 0.4) is 0 Å². The van der Waals surface area contributed by atoms with Gasteiger partial charge >= 0.3 is 49.6 Å². The number of hydrogen-bond acceptors (Lipinski definition) is 12. The number of ketones is 1. The molecule has 12 aromatic carbocycles. The Morgan fingerprint density at radius 1 is 0.561 bits per heavy atom. The number of phenols is 3. The van der Waals surface area contributed by atoms with Crippen LogP contribution in [-0.4, -0.2) is 68.9 Å². The molecule has 3 aliphatic carbocycles. The molecule has 4 N–H and O–H groups in total. The third-order valence-electron chi connectivity index (χ3n) is 21.1. The van der Waals surface area contributed by atoms with Crippen molar-refractivity contribution >= 4 is 183 Å². The minimum atomic E-state index is -2.01. The van der Waals surface area contributed by atoms with Crippen LogP contribution in [-0.2, 0) is 42.6 Å². The Hall–Kier alpha value is -8.67. The van der Waals surface area contributed by atoms with Gasteiger partial charge in [0.05, 0.1) is 34.9 Å². The summed E-state index contributed by atoms with van der Waals surface area (Å²) >= 11 is 15.0. The first-order valence-corrected chi connectivity index (χ1v) is 68.2. The van der Waals surface area contributed by atoms with Crippen LogP contribution in [0.4, 0.5) is 0 Å². The van der Waals surface area contributed by atoms with Crippen LogP contribution in [0.2, 0.25) is 44.3 Å². The van der Waals surface area contributed by atoms with Gasteiger partial charge < -0.3 is 25.1 Å². The molecule has 16 rings (SSSR count). The number of benzene rings is 12. The molecule has 1 heterocycles. The van der Waals surface area contributed by atoms with E-state index in [9.17, 15) is 34.5 Å². The van der Waals surface area contributed by atoms with Crippen molar-refractivity contribution in [3.8, 4) is 35.5 Å². The number of Topliss-reactive ketones (excluding diaryl/α,β-unsaturated/α-hetero) is 1. The fourth-order valence-corrected chi connectivity index (χ4v) is 17.2. The Balaban J connectivity index is 0.000000195. The fourth-order valence-electron chi connectivity index (χ4n) is 14.2. The van der Waals surface area contributed by atoms with Gasteiger partial charge in [-0.1, -0.05) is 270 Å². The molecule has 0 bridgehead atoms. The molecule has 2 atom stereocenters. The molecule has 4 aliphatic rings. The van der Waals surface area contributed by atoms with Gasteiger partial charge in [-0.05, 0) is 259 Å². The first-order valence-electron chi connectivity index (χ1n) is 40.8. The number of rotatable bonds is 8. The maximum atomic E-state index is 11.4. The number of aldehydes is 3. The van der Waals surface area contributed by atoms with Crippen molar-refractivity contribution in [1.29, 1.82) is 15.8 Å². The molecule has 12 aromatic rings. The summed E-state index contributed by atoms with van der Waals surface area (Å²) in [7, 11) is -2.56. The number of allylic oxidation sites excluding steroid dienone is 5. The Bertz CT molecular complexity index is 5880. The van der Waals surface area contributed by atoms with Gasteiger partial charge in [-0.25, -0.2) is 0 Å². The third kappa shape index (κ3) is 29.2. The number of hydrogen-bond donors (Lipinski definition) is 4. The number of nitriles is 3. The number of carbonyl (C=O) groups excluding carboxylic acids is 4. The first-order chi connectivity index (χ1) is 58.5. The second-order valence-electron chi connectivity index (χ2n) is 33.3. The van der Waals surface area contributed by atoms with Crippen LogP contribution in [0.25, 0.3) is 54.7 Å². The zero-order chi connectivity index (χ0) is 90.4. The summed E-state index contributed by atoms with van der Waals surface area (Å²) in [6.45, 7) is 31.9. The molecule has 0 saturated carbocycles. The molecule has 20 heteroatoms. The van der Waals surface area contributed by atoms with Crippen molar-refractivity contribution in [1.82, 2.24) is 5.32 Å². The normalized spacial score (nSPS) is 13.9. The van der Waals surface area contributed by atoms with Crippen molar-refractivity contribution in [2.24, 2.45) is 0 Å². The molecule has 1 fully saturated rings. The van der Waals surface area contributed by atoms with E-state index in [1.165, 1.54) is 51.4 Å². The summed E-state index contributed by atoms with van der Waals surface area (Å²) in [6.07, 6.45) is 16.7. The van der Waals surface area contributed by atoms with Crippen LogP contribution < -0.4 is 5.32 Å². The summed E-state index contributed by atoms with van der Waals surface area (Å²) in [6, 6.07) is 77.8. The molecular formula is C103H107Br3I2N4O8Si2Zn. The predicted molar refractivity (Wildman–Crippen MR) is 539 cm³/mol. The van der Waals surface area contributed by atoms with Crippen molar-refractivity contribution in [3.05, 3.63) is 333 Å². The zero-order valence-electron chi connectivity index (χ0n) is 72.5. The van der Waals surface area contributed by atoms with Gasteiger partial charge in [0.25, 0.3) is 0 Å². The number of aryl methyl sites for hydroxylation is 5. The van der Waals surface area contributed by atoms with E-state index in [1.54, 1.807) is 67.6 Å². The molecule has 0 aromatic heterocycles. The van der Waals surface area contributed by atoms with E-state index in [1.807, 2.05) is 99.7 Å². The van der Waals surface area contributed by atoms with Crippen LogP contribution >= 0.6 is 87.3 Å². The topological polar surface area (TPSA) is 222 Å². The summed E-state index contributed by atoms with van der Waals surface area (Å²) in [5.41, 5.74) is 15.6. The Kier molecular flexibility index (Phi) is 40.2. The molecule has 0 radical (unpaired) electrons. The average molecular weight is 2140 g/mol. The van der Waals surface area contributed by atoms with E-state index in [2.05, 4.69) is 275 Å². The van der Waals surface area contributed by atoms with Crippen LogP contribution in [0.1, 0.15) is 160 Å². The van der Waals surface area contributed by atoms with E-state index in [-0.39, 0.29) is 38.3 Å². The number of halogens is 5. The standard InChI is InChI=1S/C23H33NOSi.C15H11BrO2.C12H11N.C12H9N.C11H6BrNO.C11H7BrO2.C11H12O.C4H6O.C4H12Si.2HI.Zn/c1-22(2,3)26(4,5)25-23(21-17-12-18-24-21,19-13-8-6-9-14-19)20-15-10-7-11-16-20;1-8-11(7-17)4-10-6-12(16)5-9-2-3-13(18)14(8)15(9)10;2*1-9-5-6-10-3-2-4-11(8-13)12(10)7-9;2*12-9-3-7-1-2-10(14)5-11(7)8(4-9)6-13;1-8-5-6-9-3-2-4-11(12)10(9)7-8;1-2-3-4-5;1-5(2,3)4;;;/h6-11,13-16,21,24H,12,17-18H2,1-5H3;2-8,18H,1H3;4-7H,2-3H2,1H3;2-7H,1H3;1-5,14H;1-6,14H;5-7H,2-4H2,1H3;2-4H,1H3;1-4H3;2*1H;/q;;;;;;;;;;;+2/p-2/b;;;;;;;3-2+;;;;/t21-;;;;;;;;;;;/m0.........../s1. The summed E-state index contributed by atoms with van der Waals surface area (Å²) < 4.78 is 10.0. The third-order valence-corrected chi connectivity index (χ3v) is 26.9. The number of phenolic OH excluding ortho intramolecular Hbond substituents is 3. The van der Waals surface area contributed by atoms with Crippen LogP contribution in [0.5, 0.6) is 17.2 Å². The van der Waals surface area contributed by atoms with Gasteiger partial charge in [0.1, 0.15) is 35.4 Å². The molecule has 12 nitrogen and oxygen atoms in total. The van der Waals surface area contributed by atoms with Gasteiger partial charge in [0.2, 0.25) is 0 Å². The summed E-state index contributed by atoms with van der Waals surface area (Å²) in [4.78, 5) is 42.7. The summed E-state index contributed by atoms with van der Waals surface area (Å²) in [5.74, 6) is 0.852. The van der Waals surface area contributed by atoms with Gasteiger partial charge in [0, 0.05) is 61.9 Å². The van der Waals surface area contributed by atoms with Crippen molar-refractivity contribution in [3.63, 3.8) is 0 Å². The second-order valence-corrected chi connectivity index (χ2v) is 70.3. The number of carbonyl (C=O) groups is 4. The zero-order valence-corrected chi connectivity index (χ0v) is 86.5. The van der Waals surface area contributed by atoms with Gasteiger partial charge in [-0.2, -0.15) is 15.8 Å². The van der Waals surface area contributed by atoms with Gasteiger partial charge in [-0.15, -0.1) is 0 Å². The van der Waals surface area contributed by atoms with Crippen molar-refractivity contribution in [2.45, 2.75) is 162 Å². The molecule has 1 saturated heterocycles. The molecular weight excluding hydrogens is 2040 g/mol. The summed E-state index contributed by atoms with van der Waals surface area (Å²) in [5, 5.41) is 67.0. The van der Waals surface area contributed by atoms with E-state index in [0.717, 1.165) is 154 Å².